The summed E-state index contributed by atoms with van der Waals surface area (Å²) < 4.78 is 32.9. The first kappa shape index (κ1) is 14.1. The van der Waals surface area contributed by atoms with Crippen molar-refractivity contribution in [3.63, 3.8) is 0 Å². The summed E-state index contributed by atoms with van der Waals surface area (Å²) in [4.78, 5) is 4.08. The van der Waals surface area contributed by atoms with Crippen molar-refractivity contribution in [2.45, 2.75) is 19.9 Å². The lowest BCUT2D eigenvalue weighted by Crippen LogP contribution is -2.13. The van der Waals surface area contributed by atoms with Crippen molar-refractivity contribution in [3.8, 4) is 11.5 Å². The van der Waals surface area contributed by atoms with Crippen LogP contribution in [0.4, 0.5) is 8.78 Å². The van der Waals surface area contributed by atoms with Gasteiger partial charge in [-0.15, -0.1) is 0 Å². The zero-order chi connectivity index (χ0) is 13.8. The highest BCUT2D eigenvalue weighted by Gasteiger charge is 2.17. The second-order valence-corrected chi connectivity index (χ2v) is 4.98. The highest BCUT2D eigenvalue weighted by atomic mass is 79.9. The van der Waals surface area contributed by atoms with E-state index in [4.69, 9.17) is 4.42 Å². The summed E-state index contributed by atoms with van der Waals surface area (Å²) in [7, 11) is 0. The highest BCUT2D eigenvalue weighted by Crippen LogP contribution is 2.28. The molecule has 0 aliphatic rings. The van der Waals surface area contributed by atoms with E-state index in [2.05, 4.69) is 26.2 Å². The fourth-order valence-corrected chi connectivity index (χ4v) is 2.04. The molecule has 2 aromatic rings. The summed E-state index contributed by atoms with van der Waals surface area (Å²) in [5, 5.41) is 3.14. The minimum Gasteiger partial charge on any atom is -0.444 e. The third-order valence-electron chi connectivity index (χ3n) is 2.51. The molecule has 1 N–H and O–H groups in total. The van der Waals surface area contributed by atoms with Gasteiger partial charge in [0.15, 0.2) is 0 Å². The third-order valence-corrected chi connectivity index (χ3v) is 2.96. The fraction of sp³-hybridized carbons (Fsp3) is 0.308. The average molecular weight is 331 g/mol. The largest absolute Gasteiger partial charge is 0.444 e. The van der Waals surface area contributed by atoms with Gasteiger partial charge in [-0.2, -0.15) is 0 Å². The molecule has 1 heterocycles. The number of nitrogens with one attached hydrogen (secondary N) is 1. The van der Waals surface area contributed by atoms with Crippen LogP contribution in [0.2, 0.25) is 0 Å². The molecule has 0 spiro atoms. The van der Waals surface area contributed by atoms with Crippen molar-refractivity contribution >= 4 is 15.9 Å². The van der Waals surface area contributed by atoms with Gasteiger partial charge >= 0.3 is 0 Å². The molecule has 0 amide bonds. The molecule has 3 nitrogen and oxygen atoms in total. The molecule has 0 fully saturated rings. The number of aromatic nitrogens is 1. The lowest BCUT2D eigenvalue weighted by molar-refractivity contribution is 0.540. The maximum Gasteiger partial charge on any atom is 0.232 e. The fourth-order valence-electron chi connectivity index (χ4n) is 1.64. The molecular weight excluding hydrogens is 318 g/mol. The summed E-state index contributed by atoms with van der Waals surface area (Å²) in [6, 6.07) is 2.36. The van der Waals surface area contributed by atoms with Gasteiger partial charge in [-0.05, 0) is 25.1 Å². The Morgan fingerprint density at radius 1 is 1.32 bits per heavy atom. The van der Waals surface area contributed by atoms with Crippen LogP contribution in [0.5, 0.6) is 0 Å². The average Bonchev–Trinajstić information content (AvgIpc) is 2.76. The number of benzene rings is 1. The van der Waals surface area contributed by atoms with E-state index < -0.39 is 11.6 Å². The van der Waals surface area contributed by atoms with Crippen LogP contribution in [0, 0.1) is 11.6 Å². The molecular formula is C13H13BrF2N2O. The number of nitrogens with zero attached hydrogens (tertiary/aromatic N) is 1. The molecule has 0 saturated carbocycles. The molecule has 1 aromatic heterocycles. The molecule has 102 valence electrons. The zero-order valence-corrected chi connectivity index (χ0v) is 11.9. The standard InChI is InChI=1S/C13H13BrF2N2O/c1-2-3-17-6-9-7-19-13(18-9)12-10(15)4-8(14)5-11(12)16/h4-5,7,17H,2-3,6H2,1H3. The Labute approximate surface area is 118 Å². The Morgan fingerprint density at radius 2 is 2.00 bits per heavy atom. The van der Waals surface area contributed by atoms with Crippen molar-refractivity contribution in [1.29, 1.82) is 0 Å². The van der Waals surface area contributed by atoms with E-state index in [-0.39, 0.29) is 11.5 Å². The Balaban J connectivity index is 2.23. The van der Waals surface area contributed by atoms with E-state index in [0.29, 0.717) is 16.7 Å². The summed E-state index contributed by atoms with van der Waals surface area (Å²) in [5.74, 6) is -1.46. The molecule has 0 atom stereocenters. The van der Waals surface area contributed by atoms with Crippen LogP contribution in [0.15, 0.2) is 27.3 Å². The molecule has 0 radical (unpaired) electrons. The lowest BCUT2D eigenvalue weighted by Gasteiger charge is -2.01. The second-order valence-electron chi connectivity index (χ2n) is 4.07. The maximum atomic E-state index is 13.7. The van der Waals surface area contributed by atoms with Crippen molar-refractivity contribution in [1.82, 2.24) is 10.3 Å². The van der Waals surface area contributed by atoms with Gasteiger partial charge in [-0.1, -0.05) is 22.9 Å². The second kappa shape index (κ2) is 6.25. The maximum absolute atomic E-state index is 13.7. The predicted octanol–water partition coefficient (Wildman–Crippen LogP) is 3.88. The molecule has 6 heteroatoms. The third kappa shape index (κ3) is 3.39. The van der Waals surface area contributed by atoms with Crippen LogP contribution in [-0.2, 0) is 6.54 Å². The Morgan fingerprint density at radius 3 is 2.63 bits per heavy atom. The number of hydrogen-bond donors (Lipinski definition) is 1. The topological polar surface area (TPSA) is 38.1 Å². The van der Waals surface area contributed by atoms with E-state index in [9.17, 15) is 8.78 Å². The number of oxazole rings is 1. The monoisotopic (exact) mass is 330 g/mol. The highest BCUT2D eigenvalue weighted by molar-refractivity contribution is 9.10. The van der Waals surface area contributed by atoms with Crippen molar-refractivity contribution in [2.24, 2.45) is 0 Å². The van der Waals surface area contributed by atoms with Gasteiger partial charge in [0.05, 0.1) is 5.69 Å². The van der Waals surface area contributed by atoms with Gasteiger partial charge in [0.1, 0.15) is 23.5 Å². The van der Waals surface area contributed by atoms with Gasteiger partial charge in [0.2, 0.25) is 5.89 Å². The minimum absolute atomic E-state index is 0.0456. The lowest BCUT2D eigenvalue weighted by atomic mass is 10.2. The molecule has 2 rings (SSSR count). The molecule has 0 aliphatic heterocycles. The van der Waals surface area contributed by atoms with Gasteiger partial charge < -0.3 is 9.73 Å². The summed E-state index contributed by atoms with van der Waals surface area (Å²) >= 11 is 3.03. The van der Waals surface area contributed by atoms with Gasteiger partial charge in [-0.25, -0.2) is 13.8 Å². The van der Waals surface area contributed by atoms with E-state index in [1.807, 2.05) is 6.92 Å². The normalized spacial score (nSPS) is 10.9. The molecule has 19 heavy (non-hydrogen) atoms. The summed E-state index contributed by atoms with van der Waals surface area (Å²) in [5.41, 5.74) is 0.370. The first-order valence-corrected chi connectivity index (χ1v) is 6.71. The van der Waals surface area contributed by atoms with Crippen molar-refractivity contribution < 1.29 is 13.2 Å². The van der Waals surface area contributed by atoms with Gasteiger partial charge in [0, 0.05) is 11.0 Å². The minimum atomic E-state index is -0.707. The summed E-state index contributed by atoms with van der Waals surface area (Å²) in [6.07, 6.45) is 2.40. The zero-order valence-electron chi connectivity index (χ0n) is 10.3. The van der Waals surface area contributed by atoms with E-state index in [1.165, 1.54) is 18.4 Å². The number of rotatable bonds is 5. The van der Waals surface area contributed by atoms with Crippen LogP contribution in [0.1, 0.15) is 19.0 Å². The van der Waals surface area contributed by atoms with Crippen LogP contribution in [-0.4, -0.2) is 11.5 Å². The van der Waals surface area contributed by atoms with Gasteiger partial charge in [-0.3, -0.25) is 0 Å². The smallest absolute Gasteiger partial charge is 0.232 e. The first-order valence-electron chi connectivity index (χ1n) is 5.92. The predicted molar refractivity (Wildman–Crippen MR) is 71.6 cm³/mol. The molecule has 0 unspecified atom stereocenters. The number of hydrogen-bond acceptors (Lipinski definition) is 3. The SMILES string of the molecule is CCCNCc1coc(-c2c(F)cc(Br)cc2F)n1. The Kier molecular flexibility index (Phi) is 4.66. The van der Waals surface area contributed by atoms with Crippen LogP contribution < -0.4 is 5.32 Å². The first-order chi connectivity index (χ1) is 9.11. The number of halogens is 3. The van der Waals surface area contributed by atoms with Crippen LogP contribution in [0.3, 0.4) is 0 Å². The van der Waals surface area contributed by atoms with Gasteiger partial charge in [0.25, 0.3) is 0 Å². The van der Waals surface area contributed by atoms with E-state index in [1.54, 1.807) is 0 Å². The molecule has 1 aromatic carbocycles. The van der Waals surface area contributed by atoms with E-state index in [0.717, 1.165) is 13.0 Å². The van der Waals surface area contributed by atoms with Crippen molar-refractivity contribution in [3.05, 3.63) is 40.2 Å². The quantitative estimate of drug-likeness (QED) is 0.845. The molecule has 0 saturated heterocycles. The van der Waals surface area contributed by atoms with Crippen LogP contribution >= 0.6 is 15.9 Å². The summed E-state index contributed by atoms with van der Waals surface area (Å²) in [6.45, 7) is 3.41. The Bertz CT molecular complexity index is 549. The molecule has 0 aliphatic carbocycles. The van der Waals surface area contributed by atoms with Crippen molar-refractivity contribution in [2.75, 3.05) is 6.54 Å². The van der Waals surface area contributed by atoms with E-state index >= 15 is 0 Å². The molecule has 0 bridgehead atoms. The Hall–Kier alpha value is -1.27. The van der Waals surface area contributed by atoms with Crippen LogP contribution in [0.25, 0.3) is 11.5 Å².